The van der Waals surface area contributed by atoms with Crippen molar-refractivity contribution in [3.05, 3.63) is 29.2 Å². The van der Waals surface area contributed by atoms with Crippen LogP contribution in [-0.2, 0) is 16.0 Å². The Morgan fingerprint density at radius 3 is 2.35 bits per heavy atom. The van der Waals surface area contributed by atoms with E-state index >= 15 is 0 Å². The Hall–Kier alpha value is -2.28. The molecule has 26 heavy (non-hydrogen) atoms. The molecular formula is C18H24ClN3O4. The normalized spacial score (nSPS) is 12.1. The Morgan fingerprint density at radius 1 is 1.15 bits per heavy atom. The SMILES string of the molecule is CC(C)(C)OC(=O)NCc1cc2c(Cl)cn(C(=O)OC(C)(C)C)c2cn1. The predicted molar refractivity (Wildman–Crippen MR) is 99.4 cm³/mol. The Balaban J connectivity index is 2.18. The van der Waals surface area contributed by atoms with Gasteiger partial charge < -0.3 is 14.8 Å². The molecule has 8 heteroatoms. The van der Waals surface area contributed by atoms with Gasteiger partial charge in [-0.3, -0.25) is 4.98 Å². The number of ether oxygens (including phenoxy) is 2. The molecule has 0 aliphatic heterocycles. The van der Waals surface area contributed by atoms with Crippen molar-refractivity contribution in [2.24, 2.45) is 0 Å². The highest BCUT2D eigenvalue weighted by atomic mass is 35.5. The fourth-order valence-corrected chi connectivity index (χ4v) is 2.41. The van der Waals surface area contributed by atoms with E-state index in [0.717, 1.165) is 0 Å². The average Bonchev–Trinajstić information content (AvgIpc) is 2.79. The minimum atomic E-state index is -0.620. The van der Waals surface area contributed by atoms with Crippen molar-refractivity contribution in [3.8, 4) is 0 Å². The molecule has 0 aliphatic carbocycles. The van der Waals surface area contributed by atoms with Crippen molar-refractivity contribution >= 4 is 34.7 Å². The summed E-state index contributed by atoms with van der Waals surface area (Å²) < 4.78 is 11.9. The maximum atomic E-state index is 12.3. The number of hydrogen-bond acceptors (Lipinski definition) is 5. The van der Waals surface area contributed by atoms with Gasteiger partial charge in [0, 0.05) is 11.6 Å². The first-order valence-corrected chi connectivity index (χ1v) is 8.59. The number of carbonyl (C=O) groups excluding carboxylic acids is 2. The number of aromatic nitrogens is 2. The molecule has 0 radical (unpaired) electrons. The highest BCUT2D eigenvalue weighted by Gasteiger charge is 2.21. The summed E-state index contributed by atoms with van der Waals surface area (Å²) in [5.41, 5.74) is -0.0715. The number of amides is 1. The number of alkyl carbamates (subject to hydrolysis) is 1. The first-order valence-electron chi connectivity index (χ1n) is 8.21. The number of pyridine rings is 1. The van der Waals surface area contributed by atoms with Gasteiger partial charge in [0.15, 0.2) is 0 Å². The fraction of sp³-hybridized carbons (Fsp3) is 0.500. The number of rotatable bonds is 2. The second kappa shape index (κ2) is 7.15. The molecular weight excluding hydrogens is 358 g/mol. The molecule has 0 fully saturated rings. The smallest absolute Gasteiger partial charge is 0.419 e. The van der Waals surface area contributed by atoms with Crippen LogP contribution in [0.1, 0.15) is 47.2 Å². The monoisotopic (exact) mass is 381 g/mol. The molecule has 1 N–H and O–H groups in total. The van der Waals surface area contributed by atoms with E-state index in [0.29, 0.717) is 21.6 Å². The van der Waals surface area contributed by atoms with Crippen LogP contribution in [0.15, 0.2) is 18.5 Å². The topological polar surface area (TPSA) is 82.5 Å². The second-order valence-corrected chi connectivity index (χ2v) is 8.28. The van der Waals surface area contributed by atoms with E-state index in [1.165, 1.54) is 17.0 Å². The maximum Gasteiger partial charge on any atom is 0.419 e. The van der Waals surface area contributed by atoms with Crippen LogP contribution in [0.3, 0.4) is 0 Å². The minimum Gasteiger partial charge on any atom is -0.444 e. The molecule has 0 atom stereocenters. The third kappa shape index (κ3) is 5.36. The molecule has 142 valence electrons. The van der Waals surface area contributed by atoms with Crippen molar-refractivity contribution in [3.63, 3.8) is 0 Å². The number of carbonyl (C=O) groups is 2. The Morgan fingerprint density at radius 2 is 1.77 bits per heavy atom. The third-order valence-electron chi connectivity index (χ3n) is 3.10. The summed E-state index contributed by atoms with van der Waals surface area (Å²) in [6.45, 7) is 10.9. The second-order valence-electron chi connectivity index (χ2n) is 7.88. The van der Waals surface area contributed by atoms with Crippen molar-refractivity contribution in [2.45, 2.75) is 59.3 Å². The zero-order valence-electron chi connectivity index (χ0n) is 15.8. The number of nitrogens with one attached hydrogen (secondary N) is 1. The van der Waals surface area contributed by atoms with Crippen LogP contribution in [0.4, 0.5) is 9.59 Å². The molecule has 0 saturated heterocycles. The summed E-state index contributed by atoms with van der Waals surface area (Å²) in [7, 11) is 0. The van der Waals surface area contributed by atoms with E-state index in [4.69, 9.17) is 21.1 Å². The van der Waals surface area contributed by atoms with Crippen molar-refractivity contribution in [1.82, 2.24) is 14.9 Å². The third-order valence-corrected chi connectivity index (χ3v) is 3.40. The summed E-state index contributed by atoms with van der Waals surface area (Å²) in [6, 6.07) is 1.72. The van der Waals surface area contributed by atoms with Gasteiger partial charge in [-0.25, -0.2) is 14.2 Å². The molecule has 2 heterocycles. The lowest BCUT2D eigenvalue weighted by Gasteiger charge is -2.20. The van der Waals surface area contributed by atoms with Crippen LogP contribution >= 0.6 is 11.6 Å². The molecule has 1 amide bonds. The van der Waals surface area contributed by atoms with Gasteiger partial charge in [-0.1, -0.05) is 11.6 Å². The number of hydrogen-bond donors (Lipinski definition) is 1. The lowest BCUT2D eigenvalue weighted by molar-refractivity contribution is 0.0518. The molecule has 2 rings (SSSR count). The minimum absolute atomic E-state index is 0.179. The molecule has 0 bridgehead atoms. The lowest BCUT2D eigenvalue weighted by atomic mass is 10.2. The molecule has 0 spiro atoms. The van der Waals surface area contributed by atoms with Gasteiger partial charge in [0.2, 0.25) is 0 Å². The fourth-order valence-electron chi connectivity index (χ4n) is 2.16. The van der Waals surface area contributed by atoms with E-state index < -0.39 is 23.4 Å². The molecule has 0 aromatic carbocycles. The van der Waals surface area contributed by atoms with Crippen LogP contribution < -0.4 is 5.32 Å². The Kier molecular flexibility index (Phi) is 5.51. The van der Waals surface area contributed by atoms with E-state index in [1.54, 1.807) is 47.6 Å². The summed E-state index contributed by atoms with van der Waals surface area (Å²) >= 11 is 6.25. The lowest BCUT2D eigenvalue weighted by Crippen LogP contribution is -2.32. The van der Waals surface area contributed by atoms with Crippen LogP contribution in [-0.4, -0.2) is 32.9 Å². The molecule has 7 nitrogen and oxygen atoms in total. The van der Waals surface area contributed by atoms with Crippen molar-refractivity contribution in [2.75, 3.05) is 0 Å². The van der Waals surface area contributed by atoms with Crippen LogP contribution in [0, 0.1) is 0 Å². The van der Waals surface area contributed by atoms with Crippen molar-refractivity contribution < 1.29 is 19.1 Å². The van der Waals surface area contributed by atoms with Gasteiger partial charge >= 0.3 is 12.2 Å². The van der Waals surface area contributed by atoms with E-state index in [-0.39, 0.29) is 6.54 Å². The Bertz CT molecular complexity index is 831. The van der Waals surface area contributed by atoms with Gasteiger partial charge in [-0.2, -0.15) is 0 Å². The summed E-state index contributed by atoms with van der Waals surface area (Å²) in [4.78, 5) is 28.3. The number of nitrogens with zero attached hydrogens (tertiary/aromatic N) is 2. The summed E-state index contributed by atoms with van der Waals surface area (Å²) in [6.07, 6.45) is 1.96. The predicted octanol–water partition coefficient (Wildman–Crippen LogP) is 4.50. The molecule has 2 aromatic heterocycles. The van der Waals surface area contributed by atoms with Gasteiger partial charge in [0.1, 0.15) is 11.2 Å². The van der Waals surface area contributed by atoms with Crippen LogP contribution in [0.2, 0.25) is 5.02 Å². The average molecular weight is 382 g/mol. The van der Waals surface area contributed by atoms with E-state index in [9.17, 15) is 9.59 Å². The van der Waals surface area contributed by atoms with Crippen LogP contribution in [0.5, 0.6) is 0 Å². The number of fused-ring (bicyclic) bond motifs is 1. The highest BCUT2D eigenvalue weighted by Crippen LogP contribution is 2.26. The summed E-state index contributed by atoms with van der Waals surface area (Å²) in [5.74, 6) is 0. The first kappa shape index (κ1) is 20.0. The van der Waals surface area contributed by atoms with Gasteiger partial charge in [-0.15, -0.1) is 0 Å². The number of halogens is 1. The summed E-state index contributed by atoms with van der Waals surface area (Å²) in [5, 5.41) is 3.68. The largest absolute Gasteiger partial charge is 0.444 e. The van der Waals surface area contributed by atoms with Gasteiger partial charge in [0.05, 0.1) is 29.0 Å². The zero-order chi connectivity index (χ0) is 19.7. The van der Waals surface area contributed by atoms with Gasteiger partial charge in [0.25, 0.3) is 0 Å². The highest BCUT2D eigenvalue weighted by molar-refractivity contribution is 6.35. The zero-order valence-corrected chi connectivity index (χ0v) is 16.6. The standard InChI is InChI=1S/C18H24ClN3O4/c1-17(2,3)25-15(23)21-8-11-7-12-13(19)10-22(14(12)9-20-11)16(24)26-18(4,5)6/h7,9-10H,8H2,1-6H3,(H,21,23). The first-order chi connectivity index (χ1) is 11.9. The van der Waals surface area contributed by atoms with E-state index in [1.807, 2.05) is 0 Å². The molecule has 0 saturated carbocycles. The van der Waals surface area contributed by atoms with Crippen molar-refractivity contribution in [1.29, 1.82) is 0 Å². The van der Waals surface area contributed by atoms with Crippen LogP contribution in [0.25, 0.3) is 10.9 Å². The molecule has 2 aromatic rings. The Labute approximate surface area is 157 Å². The van der Waals surface area contributed by atoms with E-state index in [2.05, 4.69) is 10.3 Å². The quantitative estimate of drug-likeness (QED) is 0.828. The van der Waals surface area contributed by atoms with Gasteiger partial charge in [-0.05, 0) is 47.6 Å². The molecule has 0 aliphatic rings. The maximum absolute atomic E-state index is 12.3. The molecule has 0 unspecified atom stereocenters.